The molecule has 1 fully saturated rings. The van der Waals surface area contributed by atoms with Crippen molar-refractivity contribution in [2.45, 2.75) is 33.2 Å². The van der Waals surface area contributed by atoms with Gasteiger partial charge >= 0.3 is 0 Å². The number of hydrogen-bond acceptors (Lipinski definition) is 3. The predicted molar refractivity (Wildman–Crippen MR) is 114 cm³/mol. The molecule has 2 aromatic carbocycles. The van der Waals surface area contributed by atoms with Crippen LogP contribution in [-0.4, -0.2) is 37.0 Å². The third-order valence-corrected chi connectivity index (χ3v) is 5.81. The smallest absolute Gasteiger partial charge is 0.224 e. The van der Waals surface area contributed by atoms with Gasteiger partial charge in [0.1, 0.15) is 12.4 Å². The van der Waals surface area contributed by atoms with E-state index in [0.717, 1.165) is 54.4 Å². The van der Waals surface area contributed by atoms with E-state index in [-0.39, 0.29) is 11.8 Å². The number of aryl methyl sites for hydroxylation is 1. The maximum Gasteiger partial charge on any atom is 0.224 e. The van der Waals surface area contributed by atoms with Gasteiger partial charge in [-0.3, -0.25) is 9.69 Å². The highest BCUT2D eigenvalue weighted by Crippen LogP contribution is 2.22. The van der Waals surface area contributed by atoms with Gasteiger partial charge in [0.2, 0.25) is 5.91 Å². The first-order valence-electron chi connectivity index (χ1n) is 9.97. The Balaban J connectivity index is 1.44. The second kappa shape index (κ2) is 9.94. The molecule has 0 aromatic heterocycles. The van der Waals surface area contributed by atoms with Gasteiger partial charge in [0.15, 0.2) is 0 Å². The number of hydrogen-bond donors (Lipinski definition) is 1. The summed E-state index contributed by atoms with van der Waals surface area (Å²) in [6.45, 7) is 7.69. The van der Waals surface area contributed by atoms with E-state index in [1.807, 2.05) is 30.3 Å². The summed E-state index contributed by atoms with van der Waals surface area (Å²) in [7, 11) is 0. The quantitative estimate of drug-likeness (QED) is 0.702. The van der Waals surface area contributed by atoms with Crippen LogP contribution >= 0.6 is 11.6 Å². The average Bonchev–Trinajstić information content (AvgIpc) is 2.70. The molecule has 28 heavy (non-hydrogen) atoms. The Morgan fingerprint density at radius 1 is 1.21 bits per heavy atom. The summed E-state index contributed by atoms with van der Waals surface area (Å²) in [5.41, 5.74) is 3.48. The number of carbonyl (C=O) groups is 1. The molecule has 1 amide bonds. The number of benzene rings is 2. The Morgan fingerprint density at radius 2 is 2.04 bits per heavy atom. The number of likely N-dealkylation sites (tertiary alicyclic amines) is 1. The standard InChI is InChI=1S/C23H29ClN2O2/c1-17-7-5-11-22(18(17)2)28-14-12-25-23(27)20-9-6-13-26(16-20)15-19-8-3-4-10-21(19)24/h3-5,7-8,10-11,20H,6,9,12-16H2,1-2H3,(H,25,27)/t20-/m0/s1. The zero-order valence-electron chi connectivity index (χ0n) is 16.7. The molecule has 1 saturated heterocycles. The van der Waals surface area contributed by atoms with Crippen LogP contribution in [-0.2, 0) is 11.3 Å². The number of nitrogens with zero attached hydrogens (tertiary/aromatic N) is 1. The first-order valence-corrected chi connectivity index (χ1v) is 10.3. The molecule has 1 aliphatic heterocycles. The van der Waals surface area contributed by atoms with Gasteiger partial charge in [0.25, 0.3) is 0 Å². The van der Waals surface area contributed by atoms with E-state index in [1.54, 1.807) is 0 Å². The van der Waals surface area contributed by atoms with E-state index < -0.39 is 0 Å². The number of ether oxygens (including phenoxy) is 1. The van der Waals surface area contributed by atoms with Gasteiger partial charge in [-0.2, -0.15) is 0 Å². The lowest BCUT2D eigenvalue weighted by atomic mass is 9.96. The Morgan fingerprint density at radius 3 is 2.86 bits per heavy atom. The van der Waals surface area contributed by atoms with Crippen LogP contribution in [0.25, 0.3) is 0 Å². The van der Waals surface area contributed by atoms with E-state index in [0.29, 0.717) is 13.2 Å². The van der Waals surface area contributed by atoms with Gasteiger partial charge in [0.05, 0.1) is 12.5 Å². The summed E-state index contributed by atoms with van der Waals surface area (Å²) < 4.78 is 5.83. The van der Waals surface area contributed by atoms with Crippen molar-refractivity contribution in [2.75, 3.05) is 26.2 Å². The molecule has 0 aliphatic carbocycles. The topological polar surface area (TPSA) is 41.6 Å². The second-order valence-electron chi connectivity index (χ2n) is 7.50. The fourth-order valence-electron chi connectivity index (χ4n) is 3.64. The fraction of sp³-hybridized carbons (Fsp3) is 0.435. The number of piperidine rings is 1. The first-order chi connectivity index (χ1) is 13.5. The molecular weight excluding hydrogens is 372 g/mol. The lowest BCUT2D eigenvalue weighted by molar-refractivity contribution is -0.126. The minimum Gasteiger partial charge on any atom is -0.491 e. The van der Waals surface area contributed by atoms with Crippen LogP contribution in [0.5, 0.6) is 5.75 Å². The lowest BCUT2D eigenvalue weighted by Crippen LogP contribution is -2.43. The predicted octanol–water partition coefficient (Wildman–Crippen LogP) is 4.36. The van der Waals surface area contributed by atoms with Crippen molar-refractivity contribution in [1.29, 1.82) is 0 Å². The van der Waals surface area contributed by atoms with Crippen LogP contribution in [0.2, 0.25) is 5.02 Å². The number of amides is 1. The normalized spacial score (nSPS) is 17.3. The monoisotopic (exact) mass is 400 g/mol. The van der Waals surface area contributed by atoms with E-state index in [4.69, 9.17) is 16.3 Å². The maximum atomic E-state index is 12.6. The van der Waals surface area contributed by atoms with Gasteiger partial charge < -0.3 is 10.1 Å². The van der Waals surface area contributed by atoms with Crippen LogP contribution in [0.1, 0.15) is 29.5 Å². The molecule has 0 saturated carbocycles. The third kappa shape index (κ3) is 5.49. The SMILES string of the molecule is Cc1cccc(OCCNC(=O)[C@H]2CCCN(Cc3ccccc3Cl)C2)c1C. The Bertz CT molecular complexity index is 809. The van der Waals surface area contributed by atoms with Gasteiger partial charge in [-0.25, -0.2) is 0 Å². The van der Waals surface area contributed by atoms with Crippen molar-refractivity contribution in [3.8, 4) is 5.75 Å². The van der Waals surface area contributed by atoms with Crippen LogP contribution in [0.3, 0.4) is 0 Å². The molecule has 0 unspecified atom stereocenters. The Labute approximate surface area is 172 Å². The molecule has 1 N–H and O–H groups in total. The highest BCUT2D eigenvalue weighted by molar-refractivity contribution is 6.31. The molecule has 4 nitrogen and oxygen atoms in total. The lowest BCUT2D eigenvalue weighted by Gasteiger charge is -2.32. The minimum atomic E-state index is 0.0249. The molecule has 3 rings (SSSR count). The molecule has 150 valence electrons. The Hall–Kier alpha value is -2.04. The molecule has 1 aliphatic rings. The summed E-state index contributed by atoms with van der Waals surface area (Å²) in [6.07, 6.45) is 1.96. The molecule has 0 spiro atoms. The number of rotatable bonds is 7. The van der Waals surface area contributed by atoms with Crippen molar-refractivity contribution in [3.05, 3.63) is 64.2 Å². The summed E-state index contributed by atoms with van der Waals surface area (Å²) >= 11 is 6.28. The highest BCUT2D eigenvalue weighted by atomic mass is 35.5. The Kier molecular flexibility index (Phi) is 7.35. The molecule has 1 heterocycles. The molecular formula is C23H29ClN2O2. The first kappa shape index (κ1) is 20.7. The third-order valence-electron chi connectivity index (χ3n) is 5.44. The molecule has 5 heteroatoms. The summed E-state index contributed by atoms with van der Waals surface area (Å²) in [6, 6.07) is 14.0. The molecule has 2 aromatic rings. The van der Waals surface area contributed by atoms with Gasteiger partial charge in [0, 0.05) is 18.1 Å². The molecule has 1 atom stereocenters. The second-order valence-corrected chi connectivity index (χ2v) is 7.91. The van der Waals surface area contributed by atoms with E-state index >= 15 is 0 Å². The summed E-state index contributed by atoms with van der Waals surface area (Å²) in [4.78, 5) is 14.9. The largest absolute Gasteiger partial charge is 0.491 e. The van der Waals surface area contributed by atoms with Crippen LogP contribution in [0, 0.1) is 19.8 Å². The van der Waals surface area contributed by atoms with Gasteiger partial charge in [-0.05, 0) is 62.1 Å². The van der Waals surface area contributed by atoms with Crippen LogP contribution < -0.4 is 10.1 Å². The van der Waals surface area contributed by atoms with E-state index in [9.17, 15) is 4.79 Å². The van der Waals surface area contributed by atoms with E-state index in [1.165, 1.54) is 5.56 Å². The van der Waals surface area contributed by atoms with Crippen molar-refractivity contribution in [2.24, 2.45) is 5.92 Å². The zero-order chi connectivity index (χ0) is 19.9. The van der Waals surface area contributed by atoms with Gasteiger partial charge in [-0.15, -0.1) is 0 Å². The maximum absolute atomic E-state index is 12.6. The highest BCUT2D eigenvalue weighted by Gasteiger charge is 2.25. The van der Waals surface area contributed by atoms with Gasteiger partial charge in [-0.1, -0.05) is 41.9 Å². The summed E-state index contributed by atoms with van der Waals surface area (Å²) in [5, 5.41) is 3.83. The zero-order valence-corrected chi connectivity index (χ0v) is 17.5. The minimum absolute atomic E-state index is 0.0249. The molecule has 0 radical (unpaired) electrons. The molecule has 0 bridgehead atoms. The van der Waals surface area contributed by atoms with Crippen molar-refractivity contribution >= 4 is 17.5 Å². The number of carbonyl (C=O) groups excluding carboxylic acids is 1. The van der Waals surface area contributed by atoms with Crippen LogP contribution in [0.15, 0.2) is 42.5 Å². The van der Waals surface area contributed by atoms with Crippen molar-refractivity contribution in [1.82, 2.24) is 10.2 Å². The van der Waals surface area contributed by atoms with Crippen molar-refractivity contribution in [3.63, 3.8) is 0 Å². The average molecular weight is 401 g/mol. The fourth-order valence-corrected chi connectivity index (χ4v) is 3.84. The van der Waals surface area contributed by atoms with E-state index in [2.05, 4.69) is 36.2 Å². The number of nitrogens with one attached hydrogen (secondary N) is 1. The number of halogens is 1. The van der Waals surface area contributed by atoms with Crippen molar-refractivity contribution < 1.29 is 9.53 Å². The van der Waals surface area contributed by atoms with Crippen LogP contribution in [0.4, 0.5) is 0 Å². The summed E-state index contributed by atoms with van der Waals surface area (Å²) in [5.74, 6) is 1.03.